The third-order valence-electron chi connectivity index (χ3n) is 3.63. The van der Waals surface area contributed by atoms with E-state index in [4.69, 9.17) is 10.5 Å². The molecule has 0 bridgehead atoms. The molecular weight excluding hydrogens is 212 g/mol. The van der Waals surface area contributed by atoms with Crippen molar-refractivity contribution in [2.45, 2.75) is 25.3 Å². The first-order valence-corrected chi connectivity index (χ1v) is 6.30. The minimum atomic E-state index is 0.421. The Kier molecular flexibility index (Phi) is 3.89. The SMILES string of the molecule is COc1ccc(N(C)CC2CCC(N)C2)cc1. The van der Waals surface area contributed by atoms with Crippen LogP contribution in [-0.4, -0.2) is 26.7 Å². The molecule has 17 heavy (non-hydrogen) atoms. The highest BCUT2D eigenvalue weighted by molar-refractivity contribution is 5.48. The van der Waals surface area contributed by atoms with E-state index in [1.807, 2.05) is 12.1 Å². The van der Waals surface area contributed by atoms with Crippen molar-refractivity contribution in [3.63, 3.8) is 0 Å². The summed E-state index contributed by atoms with van der Waals surface area (Å²) in [5, 5.41) is 0. The molecule has 1 fully saturated rings. The Balaban J connectivity index is 1.92. The van der Waals surface area contributed by atoms with E-state index in [1.54, 1.807) is 7.11 Å². The molecule has 2 unspecified atom stereocenters. The van der Waals surface area contributed by atoms with Gasteiger partial charge < -0.3 is 15.4 Å². The average Bonchev–Trinajstić information content (AvgIpc) is 2.75. The molecule has 94 valence electrons. The first-order valence-electron chi connectivity index (χ1n) is 6.30. The number of anilines is 1. The van der Waals surface area contributed by atoms with E-state index in [1.165, 1.54) is 24.9 Å². The number of methoxy groups -OCH3 is 1. The predicted octanol–water partition coefficient (Wildman–Crippen LogP) is 2.26. The summed E-state index contributed by atoms with van der Waals surface area (Å²) in [5.74, 6) is 1.65. The Morgan fingerprint density at radius 2 is 2.00 bits per heavy atom. The molecule has 3 nitrogen and oxygen atoms in total. The van der Waals surface area contributed by atoms with Gasteiger partial charge >= 0.3 is 0 Å². The van der Waals surface area contributed by atoms with Gasteiger partial charge in [-0.1, -0.05) is 0 Å². The molecule has 0 heterocycles. The van der Waals surface area contributed by atoms with E-state index < -0.39 is 0 Å². The number of hydrogen-bond donors (Lipinski definition) is 1. The van der Waals surface area contributed by atoms with Crippen molar-refractivity contribution < 1.29 is 4.74 Å². The van der Waals surface area contributed by atoms with Gasteiger partial charge in [0, 0.05) is 25.3 Å². The van der Waals surface area contributed by atoms with E-state index >= 15 is 0 Å². The highest BCUT2D eigenvalue weighted by Gasteiger charge is 2.22. The zero-order valence-electron chi connectivity index (χ0n) is 10.7. The fraction of sp³-hybridized carbons (Fsp3) is 0.571. The van der Waals surface area contributed by atoms with E-state index in [0.717, 1.165) is 18.2 Å². The molecule has 1 aromatic rings. The van der Waals surface area contributed by atoms with Crippen LogP contribution in [0.3, 0.4) is 0 Å². The quantitative estimate of drug-likeness (QED) is 0.868. The maximum Gasteiger partial charge on any atom is 0.119 e. The van der Waals surface area contributed by atoms with Crippen molar-refractivity contribution in [2.75, 3.05) is 25.6 Å². The van der Waals surface area contributed by atoms with Gasteiger partial charge in [-0.2, -0.15) is 0 Å². The van der Waals surface area contributed by atoms with Crippen LogP contribution in [0.2, 0.25) is 0 Å². The Labute approximate surface area is 104 Å². The molecule has 0 spiro atoms. The van der Waals surface area contributed by atoms with Crippen LogP contribution < -0.4 is 15.4 Å². The van der Waals surface area contributed by atoms with Crippen LogP contribution >= 0.6 is 0 Å². The van der Waals surface area contributed by atoms with Gasteiger partial charge in [0.1, 0.15) is 5.75 Å². The van der Waals surface area contributed by atoms with Crippen LogP contribution in [0.5, 0.6) is 5.75 Å². The number of ether oxygens (including phenoxy) is 1. The lowest BCUT2D eigenvalue weighted by molar-refractivity contribution is 0.415. The van der Waals surface area contributed by atoms with E-state index in [9.17, 15) is 0 Å². The molecule has 0 aromatic heterocycles. The minimum absolute atomic E-state index is 0.421. The third-order valence-corrected chi connectivity index (χ3v) is 3.63. The molecule has 0 aliphatic heterocycles. The number of benzene rings is 1. The number of nitrogens with zero attached hydrogens (tertiary/aromatic N) is 1. The van der Waals surface area contributed by atoms with Gasteiger partial charge in [-0.05, 0) is 49.4 Å². The summed E-state index contributed by atoms with van der Waals surface area (Å²) in [4.78, 5) is 2.31. The Morgan fingerprint density at radius 3 is 2.53 bits per heavy atom. The van der Waals surface area contributed by atoms with Crippen molar-refractivity contribution in [1.29, 1.82) is 0 Å². The maximum absolute atomic E-state index is 5.94. The second kappa shape index (κ2) is 5.41. The summed E-state index contributed by atoms with van der Waals surface area (Å²) >= 11 is 0. The van der Waals surface area contributed by atoms with Crippen LogP contribution in [0.1, 0.15) is 19.3 Å². The Hall–Kier alpha value is -1.22. The van der Waals surface area contributed by atoms with E-state index in [2.05, 4.69) is 24.1 Å². The van der Waals surface area contributed by atoms with Crippen LogP contribution in [0.4, 0.5) is 5.69 Å². The van der Waals surface area contributed by atoms with Gasteiger partial charge in [-0.25, -0.2) is 0 Å². The highest BCUT2D eigenvalue weighted by atomic mass is 16.5. The summed E-state index contributed by atoms with van der Waals surface area (Å²) < 4.78 is 5.16. The summed E-state index contributed by atoms with van der Waals surface area (Å²) in [6.07, 6.45) is 3.61. The molecule has 3 heteroatoms. The molecule has 0 radical (unpaired) electrons. The van der Waals surface area contributed by atoms with Crippen molar-refractivity contribution in [2.24, 2.45) is 11.7 Å². The van der Waals surface area contributed by atoms with Crippen molar-refractivity contribution in [3.05, 3.63) is 24.3 Å². The fourth-order valence-corrected chi connectivity index (χ4v) is 2.61. The van der Waals surface area contributed by atoms with Crippen LogP contribution in [0, 0.1) is 5.92 Å². The second-order valence-electron chi connectivity index (χ2n) is 5.02. The Morgan fingerprint density at radius 1 is 1.29 bits per heavy atom. The summed E-state index contributed by atoms with van der Waals surface area (Å²) in [6, 6.07) is 8.64. The average molecular weight is 234 g/mol. The van der Waals surface area contributed by atoms with Crippen molar-refractivity contribution in [1.82, 2.24) is 0 Å². The summed E-state index contributed by atoms with van der Waals surface area (Å²) in [7, 11) is 3.84. The molecule has 0 saturated heterocycles. The largest absolute Gasteiger partial charge is 0.497 e. The summed E-state index contributed by atoms with van der Waals surface area (Å²) in [6.45, 7) is 1.10. The topological polar surface area (TPSA) is 38.5 Å². The highest BCUT2D eigenvalue weighted by Crippen LogP contribution is 2.26. The number of nitrogens with two attached hydrogens (primary N) is 1. The van der Waals surface area contributed by atoms with Crippen LogP contribution in [-0.2, 0) is 0 Å². The molecule has 1 aromatic carbocycles. The first kappa shape index (κ1) is 12.2. The molecule has 2 rings (SSSR count). The number of hydrogen-bond acceptors (Lipinski definition) is 3. The molecule has 2 atom stereocenters. The zero-order valence-corrected chi connectivity index (χ0v) is 10.7. The third kappa shape index (κ3) is 3.13. The lowest BCUT2D eigenvalue weighted by Crippen LogP contribution is -2.25. The molecular formula is C14H22N2O. The van der Waals surface area contributed by atoms with Gasteiger partial charge in [0.2, 0.25) is 0 Å². The first-order chi connectivity index (χ1) is 8.19. The monoisotopic (exact) mass is 234 g/mol. The van der Waals surface area contributed by atoms with Crippen LogP contribution in [0.25, 0.3) is 0 Å². The normalized spacial score (nSPS) is 23.7. The smallest absolute Gasteiger partial charge is 0.119 e. The lowest BCUT2D eigenvalue weighted by atomic mass is 10.1. The predicted molar refractivity (Wildman–Crippen MR) is 71.6 cm³/mol. The Bertz CT molecular complexity index is 350. The second-order valence-corrected chi connectivity index (χ2v) is 5.02. The van der Waals surface area contributed by atoms with E-state index in [-0.39, 0.29) is 0 Å². The van der Waals surface area contributed by atoms with Crippen LogP contribution in [0.15, 0.2) is 24.3 Å². The molecule has 1 aliphatic carbocycles. The maximum atomic E-state index is 5.94. The molecule has 1 saturated carbocycles. The fourth-order valence-electron chi connectivity index (χ4n) is 2.61. The van der Waals surface area contributed by atoms with Crippen molar-refractivity contribution in [3.8, 4) is 5.75 Å². The summed E-state index contributed by atoms with van der Waals surface area (Å²) in [5.41, 5.74) is 7.18. The van der Waals surface area contributed by atoms with Gasteiger partial charge in [0.15, 0.2) is 0 Å². The van der Waals surface area contributed by atoms with Crippen molar-refractivity contribution >= 4 is 5.69 Å². The van der Waals surface area contributed by atoms with Gasteiger partial charge in [0.25, 0.3) is 0 Å². The minimum Gasteiger partial charge on any atom is -0.497 e. The zero-order chi connectivity index (χ0) is 12.3. The molecule has 2 N–H and O–H groups in total. The standard InChI is InChI=1S/C14H22N2O/c1-16(10-11-3-4-12(15)9-11)13-5-7-14(17-2)8-6-13/h5-8,11-12H,3-4,9-10,15H2,1-2H3. The van der Waals surface area contributed by atoms with Gasteiger partial charge in [-0.3, -0.25) is 0 Å². The number of rotatable bonds is 4. The van der Waals surface area contributed by atoms with Gasteiger partial charge in [-0.15, -0.1) is 0 Å². The lowest BCUT2D eigenvalue weighted by Gasteiger charge is -2.23. The van der Waals surface area contributed by atoms with E-state index in [0.29, 0.717) is 6.04 Å². The van der Waals surface area contributed by atoms with Gasteiger partial charge in [0.05, 0.1) is 7.11 Å². The molecule has 0 amide bonds. The molecule has 1 aliphatic rings.